The van der Waals surface area contributed by atoms with Crippen LogP contribution in [0.3, 0.4) is 0 Å². The van der Waals surface area contributed by atoms with Crippen LogP contribution in [-0.2, 0) is 6.61 Å². The van der Waals surface area contributed by atoms with E-state index in [2.05, 4.69) is 10.5 Å². The van der Waals surface area contributed by atoms with Gasteiger partial charge in [0.15, 0.2) is 5.69 Å². The molecule has 1 aromatic heterocycles. The molecule has 2 aromatic carbocycles. The number of ether oxygens (including phenoxy) is 2. The number of hydrogen-bond acceptors (Lipinski definition) is 5. The first-order chi connectivity index (χ1) is 13.0. The molecule has 0 aliphatic rings. The Kier molecular flexibility index (Phi) is 5.40. The second kappa shape index (κ2) is 7.90. The number of methoxy groups -OCH3 is 1. The SMILES string of the molecule is COc1ccc(C)cc1NC(=O)c1noc(C)c1COc1cccc(F)c1. The molecule has 140 valence electrons. The van der Waals surface area contributed by atoms with E-state index in [1.165, 1.54) is 19.2 Å². The highest BCUT2D eigenvalue weighted by Gasteiger charge is 2.21. The van der Waals surface area contributed by atoms with Crippen LogP contribution in [0.2, 0.25) is 0 Å². The highest BCUT2D eigenvalue weighted by atomic mass is 19.1. The number of hydrogen-bond donors (Lipinski definition) is 1. The summed E-state index contributed by atoms with van der Waals surface area (Å²) in [5.41, 5.74) is 2.09. The van der Waals surface area contributed by atoms with E-state index >= 15 is 0 Å². The molecule has 0 radical (unpaired) electrons. The Bertz CT molecular complexity index is 968. The third-order valence-corrected chi connectivity index (χ3v) is 3.98. The lowest BCUT2D eigenvalue weighted by Crippen LogP contribution is -2.16. The van der Waals surface area contributed by atoms with E-state index in [4.69, 9.17) is 14.0 Å². The van der Waals surface area contributed by atoms with Gasteiger partial charge in [0.05, 0.1) is 18.4 Å². The van der Waals surface area contributed by atoms with Crippen molar-refractivity contribution >= 4 is 11.6 Å². The number of aryl methyl sites for hydroxylation is 2. The molecule has 0 saturated carbocycles. The quantitative estimate of drug-likeness (QED) is 0.701. The lowest BCUT2D eigenvalue weighted by Gasteiger charge is -2.11. The monoisotopic (exact) mass is 370 g/mol. The van der Waals surface area contributed by atoms with Crippen molar-refractivity contribution in [3.8, 4) is 11.5 Å². The van der Waals surface area contributed by atoms with Gasteiger partial charge in [-0.25, -0.2) is 4.39 Å². The number of anilines is 1. The summed E-state index contributed by atoms with van der Waals surface area (Å²) in [5.74, 6) is 0.481. The van der Waals surface area contributed by atoms with Crippen molar-refractivity contribution in [2.24, 2.45) is 0 Å². The average molecular weight is 370 g/mol. The number of carbonyl (C=O) groups is 1. The molecule has 0 aliphatic heterocycles. The van der Waals surface area contributed by atoms with Crippen molar-refractivity contribution in [2.45, 2.75) is 20.5 Å². The van der Waals surface area contributed by atoms with Crippen molar-refractivity contribution in [3.05, 3.63) is 70.9 Å². The van der Waals surface area contributed by atoms with Gasteiger partial charge in [-0.1, -0.05) is 17.3 Å². The third-order valence-electron chi connectivity index (χ3n) is 3.98. The second-order valence-corrected chi connectivity index (χ2v) is 5.97. The smallest absolute Gasteiger partial charge is 0.278 e. The summed E-state index contributed by atoms with van der Waals surface area (Å²) in [6.07, 6.45) is 0. The highest BCUT2D eigenvalue weighted by molar-refractivity contribution is 6.04. The zero-order valence-electron chi connectivity index (χ0n) is 15.2. The second-order valence-electron chi connectivity index (χ2n) is 5.97. The van der Waals surface area contributed by atoms with Crippen LogP contribution in [0.15, 0.2) is 47.0 Å². The molecular formula is C20H19FN2O4. The summed E-state index contributed by atoms with van der Waals surface area (Å²) in [5, 5.41) is 6.62. The molecule has 1 heterocycles. The predicted molar refractivity (Wildman–Crippen MR) is 97.7 cm³/mol. The summed E-state index contributed by atoms with van der Waals surface area (Å²) in [6, 6.07) is 11.2. The van der Waals surface area contributed by atoms with Crippen molar-refractivity contribution < 1.29 is 23.2 Å². The molecule has 3 aromatic rings. The van der Waals surface area contributed by atoms with Gasteiger partial charge < -0.3 is 19.3 Å². The fourth-order valence-electron chi connectivity index (χ4n) is 2.55. The van der Waals surface area contributed by atoms with Crippen LogP contribution in [0.1, 0.15) is 27.4 Å². The van der Waals surface area contributed by atoms with Crippen molar-refractivity contribution in [1.29, 1.82) is 0 Å². The van der Waals surface area contributed by atoms with Crippen LogP contribution in [-0.4, -0.2) is 18.2 Å². The number of nitrogens with one attached hydrogen (secondary N) is 1. The lowest BCUT2D eigenvalue weighted by atomic mass is 10.1. The Hall–Kier alpha value is -3.35. The average Bonchev–Trinajstić information content (AvgIpc) is 3.01. The van der Waals surface area contributed by atoms with E-state index in [0.29, 0.717) is 28.5 Å². The van der Waals surface area contributed by atoms with Gasteiger partial charge >= 0.3 is 0 Å². The maximum Gasteiger partial charge on any atom is 0.278 e. The van der Waals surface area contributed by atoms with E-state index in [-0.39, 0.29) is 12.3 Å². The number of amides is 1. The van der Waals surface area contributed by atoms with Crippen LogP contribution in [0.5, 0.6) is 11.5 Å². The van der Waals surface area contributed by atoms with E-state index in [0.717, 1.165) is 5.56 Å². The molecule has 0 unspecified atom stereocenters. The van der Waals surface area contributed by atoms with E-state index in [9.17, 15) is 9.18 Å². The molecule has 1 amide bonds. The number of rotatable bonds is 6. The number of carbonyl (C=O) groups excluding carboxylic acids is 1. The zero-order chi connectivity index (χ0) is 19.4. The molecule has 1 N–H and O–H groups in total. The molecule has 7 heteroatoms. The first kappa shape index (κ1) is 18.4. The van der Waals surface area contributed by atoms with Crippen LogP contribution in [0, 0.1) is 19.7 Å². The van der Waals surface area contributed by atoms with Gasteiger partial charge in [0, 0.05) is 6.07 Å². The van der Waals surface area contributed by atoms with E-state index in [1.807, 2.05) is 13.0 Å². The number of benzene rings is 2. The van der Waals surface area contributed by atoms with Crippen molar-refractivity contribution in [3.63, 3.8) is 0 Å². The summed E-state index contributed by atoms with van der Waals surface area (Å²) >= 11 is 0. The Balaban J connectivity index is 1.79. The van der Waals surface area contributed by atoms with E-state index in [1.54, 1.807) is 31.2 Å². The zero-order valence-corrected chi connectivity index (χ0v) is 15.2. The first-order valence-electron chi connectivity index (χ1n) is 8.27. The number of nitrogens with zero attached hydrogens (tertiary/aromatic N) is 1. The van der Waals surface area contributed by atoms with Crippen molar-refractivity contribution in [2.75, 3.05) is 12.4 Å². The molecule has 0 bridgehead atoms. The van der Waals surface area contributed by atoms with Crippen LogP contribution < -0.4 is 14.8 Å². The molecule has 0 fully saturated rings. The van der Waals surface area contributed by atoms with Crippen LogP contribution in [0.4, 0.5) is 10.1 Å². The van der Waals surface area contributed by atoms with Crippen LogP contribution in [0.25, 0.3) is 0 Å². The minimum absolute atomic E-state index is 0.0203. The molecule has 0 spiro atoms. The Morgan fingerprint density at radius 3 is 2.78 bits per heavy atom. The van der Waals surface area contributed by atoms with Gasteiger partial charge in [0.1, 0.15) is 29.7 Å². The van der Waals surface area contributed by atoms with Gasteiger partial charge in [0.2, 0.25) is 0 Å². The normalized spacial score (nSPS) is 10.5. The Labute approximate surface area is 155 Å². The Morgan fingerprint density at radius 1 is 1.22 bits per heavy atom. The van der Waals surface area contributed by atoms with Gasteiger partial charge in [-0.3, -0.25) is 4.79 Å². The summed E-state index contributed by atoms with van der Waals surface area (Å²) < 4.78 is 29.3. The minimum Gasteiger partial charge on any atom is -0.495 e. The topological polar surface area (TPSA) is 73.6 Å². The summed E-state index contributed by atoms with van der Waals surface area (Å²) in [7, 11) is 1.53. The fraction of sp³-hybridized carbons (Fsp3) is 0.200. The van der Waals surface area contributed by atoms with Crippen LogP contribution >= 0.6 is 0 Å². The standard InChI is InChI=1S/C20H19FN2O4/c1-12-7-8-18(25-3)17(9-12)22-20(24)19-16(13(2)27-23-19)11-26-15-6-4-5-14(21)10-15/h4-10H,11H2,1-3H3,(H,22,24). The largest absolute Gasteiger partial charge is 0.495 e. The molecule has 0 aliphatic carbocycles. The molecule has 0 atom stereocenters. The molecule has 0 saturated heterocycles. The Morgan fingerprint density at radius 2 is 2.04 bits per heavy atom. The van der Waals surface area contributed by atoms with E-state index < -0.39 is 11.7 Å². The first-order valence-corrected chi connectivity index (χ1v) is 8.27. The molecular weight excluding hydrogens is 351 g/mol. The minimum atomic E-state index is -0.450. The molecule has 27 heavy (non-hydrogen) atoms. The number of halogens is 1. The lowest BCUT2D eigenvalue weighted by molar-refractivity contribution is 0.101. The molecule has 6 nitrogen and oxygen atoms in total. The molecule has 3 rings (SSSR count). The maximum atomic E-state index is 13.3. The predicted octanol–water partition coefficient (Wildman–Crippen LogP) is 4.27. The third kappa shape index (κ3) is 4.25. The fourth-order valence-corrected chi connectivity index (χ4v) is 2.55. The van der Waals surface area contributed by atoms with Gasteiger partial charge in [-0.2, -0.15) is 0 Å². The summed E-state index contributed by atoms with van der Waals surface area (Å²) in [4.78, 5) is 12.7. The van der Waals surface area contributed by atoms with Gasteiger partial charge in [-0.05, 0) is 43.7 Å². The number of aromatic nitrogens is 1. The van der Waals surface area contributed by atoms with Gasteiger partial charge in [0.25, 0.3) is 5.91 Å². The summed E-state index contributed by atoms with van der Waals surface area (Å²) in [6.45, 7) is 3.61. The maximum absolute atomic E-state index is 13.3. The van der Waals surface area contributed by atoms with Gasteiger partial charge in [-0.15, -0.1) is 0 Å². The highest BCUT2D eigenvalue weighted by Crippen LogP contribution is 2.26. The van der Waals surface area contributed by atoms with Crippen molar-refractivity contribution in [1.82, 2.24) is 5.16 Å².